The summed E-state index contributed by atoms with van der Waals surface area (Å²) in [5.74, 6) is -11.4. The fourth-order valence-electron chi connectivity index (χ4n) is 10.5. The number of carbonyl (C=O) groups is 2. The molecule has 10 heterocycles. The van der Waals surface area contributed by atoms with Gasteiger partial charge in [0.05, 0.1) is 24.8 Å². The Balaban J connectivity index is 0.000000562. The summed E-state index contributed by atoms with van der Waals surface area (Å²) < 4.78 is 286. The minimum absolute atomic E-state index is 0. The van der Waals surface area contributed by atoms with Crippen LogP contribution in [0.25, 0.3) is 81.5 Å². The van der Waals surface area contributed by atoms with Crippen LogP contribution in [0.4, 0.5) is 74.6 Å². The quantitative estimate of drug-likeness (QED) is 0.0248. The zero-order valence-corrected chi connectivity index (χ0v) is 92.3. The van der Waals surface area contributed by atoms with E-state index in [2.05, 4.69) is 105 Å². The Bertz CT molecular complexity index is 6600. The topological polar surface area (TPSA) is 337 Å². The van der Waals surface area contributed by atoms with Crippen LogP contribution >= 0.6 is 7.75 Å². The SMILES string of the molecule is CC(=O)[N-]Cc1ccccn1.CCOP(=O)([N-]Cc1ccccn1)OCC.Cc1ccnc(C[N-]S(=O)(=O)c2ccccc2)c1.Fc1c[c-]c(-c2ccccn2)c(F)c1.Fc1c[c-]c(-c2ccccn2)c(F)c1.Fc1c[c-]c(-c2ccccn2)c(F)c1.Fc1c[c-]c(-c2ccccn2)c(F)c1.Fc1c[c-]c(-c2ccccn2)c(F)c1F.O=C([N-]Cc1ccccn1)C(F)(F)F.O=S(=O)([N-]Cc1ccccn1)C(F)(F)F.[Ir].[Ir].[Ir].[Ir].[Ir]. The van der Waals surface area contributed by atoms with Crippen molar-refractivity contribution in [1.29, 1.82) is 0 Å². The molecule has 16 rings (SSSR count). The number of nitrogens with zero attached hydrogens (tertiary/aromatic N) is 15. The number of benzene rings is 6. The van der Waals surface area contributed by atoms with Crippen LogP contribution in [0.5, 0.6) is 0 Å². The van der Waals surface area contributed by atoms with Crippen molar-refractivity contribution in [3.8, 4) is 56.3 Å². The van der Waals surface area contributed by atoms with Gasteiger partial charge in [-0.25, -0.2) is 21.2 Å². The molecular formula is C101H79F17Ir5N15O9PS2-10. The molecule has 6 aromatic carbocycles. The molecule has 0 unspecified atom stereocenters. The normalized spacial score (nSPS) is 10.4. The Hall–Kier alpha value is -12.3. The molecule has 0 saturated carbocycles. The number of hydrogen-bond donors (Lipinski definition) is 0. The van der Waals surface area contributed by atoms with Crippen LogP contribution < -0.4 is 0 Å². The summed E-state index contributed by atoms with van der Waals surface area (Å²) in [6, 6.07) is 78.0. The molecule has 49 heteroatoms. The Kier molecular flexibility index (Phi) is 62.4. The van der Waals surface area contributed by atoms with Gasteiger partial charge in [0.2, 0.25) is 7.75 Å². The number of aromatic nitrogens is 10. The zero-order valence-electron chi connectivity index (χ0n) is 77.8. The van der Waals surface area contributed by atoms with Gasteiger partial charge in [0.1, 0.15) is 15.8 Å². The first-order valence-electron chi connectivity index (χ1n) is 41.8. The molecule has 0 fully saturated rings. The number of carbonyl (C=O) groups excluding carboxylic acids is 2. The van der Waals surface area contributed by atoms with Crippen molar-refractivity contribution < 1.29 is 215 Å². The number of sulfonamides is 2. The van der Waals surface area contributed by atoms with Gasteiger partial charge >= 0.3 is 11.7 Å². The van der Waals surface area contributed by atoms with Crippen molar-refractivity contribution in [1.82, 2.24) is 49.8 Å². The Morgan fingerprint density at radius 3 is 0.940 bits per heavy atom. The van der Waals surface area contributed by atoms with E-state index in [1.165, 1.54) is 61.9 Å². The van der Waals surface area contributed by atoms with Crippen molar-refractivity contribution in [3.05, 3.63) is 476 Å². The second-order valence-corrected chi connectivity index (χ2v) is 32.9. The number of pyridine rings is 10. The number of alkyl halides is 6. The first-order chi connectivity index (χ1) is 69.2. The molecular weight excluding hydrogens is 2950 g/mol. The molecule has 0 N–H and O–H groups in total. The van der Waals surface area contributed by atoms with Crippen LogP contribution in [0.1, 0.15) is 54.8 Å². The predicted octanol–water partition coefficient (Wildman–Crippen LogP) is 25.4. The van der Waals surface area contributed by atoms with Crippen LogP contribution in [0.2, 0.25) is 0 Å². The van der Waals surface area contributed by atoms with Gasteiger partial charge in [-0.2, -0.15) is 26.3 Å². The minimum atomic E-state index is -5.41. The standard InChI is InChI=1S/C13H13N2O2S.C11H5F3N.4C11H6F2N.C10H16N2O3P.C8H7F3N2O.C8H10N2O.C7H6F3N2O2S.5Ir/c1-11-7-8-14-12(9-11)10-15-18(16,17)13-5-3-2-4-6-13;12-8-5-4-7(10(13)11(8)14)9-3-1-2-6-15-9;4*12-8-4-5-9(10(13)7-8)11-3-1-2-6-14-11;1-3-14-16(13,15-4-2)12-9-10-7-5-6-8-11-10;9-8(10,11)7(14)13-5-6-3-1-2-4-12-6;1-7(11)10-6-8-4-2-3-5-9-8;8-7(9,10)15(13,14)12-5-6-3-1-2-4-11-6;;;;;/h2-9H,10H2,1H3;1-3,5-6H;4*1-4,6-7H;5-8H,3-4,9H2,1-2H3;1-4H,5H2,(H,13,14);2-5H,6H2,1H3,(H,10,11);1-4H,5H2;;;;;/q7*-1;;;-1;;;;;/p-2. The molecule has 16 aromatic rings. The average molecular weight is 3030 g/mol. The molecule has 0 aliphatic rings. The number of rotatable bonds is 23. The van der Waals surface area contributed by atoms with Crippen LogP contribution in [0.15, 0.2) is 328 Å². The largest absolute Gasteiger partial charge is 0.649 e. The van der Waals surface area contributed by atoms with Gasteiger partial charge < -0.3 is 68.7 Å². The maximum atomic E-state index is 13.3. The Morgan fingerprint density at radius 2 is 0.640 bits per heavy atom. The molecule has 0 aliphatic carbocycles. The van der Waals surface area contributed by atoms with Gasteiger partial charge in [-0.1, -0.05) is 188 Å². The van der Waals surface area contributed by atoms with Crippen molar-refractivity contribution >= 4 is 39.6 Å². The average Bonchev–Trinajstić information content (AvgIpc) is 0.817. The van der Waals surface area contributed by atoms with E-state index in [0.717, 1.165) is 71.5 Å². The van der Waals surface area contributed by atoms with Crippen LogP contribution in [-0.2, 0) is 176 Å². The molecule has 24 nitrogen and oxygen atoms in total. The molecule has 0 aliphatic heterocycles. The van der Waals surface area contributed by atoms with E-state index < -0.39 is 116 Å². The van der Waals surface area contributed by atoms with E-state index >= 15 is 0 Å². The second kappa shape index (κ2) is 70.0. The maximum absolute atomic E-state index is 13.3. The fraction of sp³-hybridized carbons (Fsp3) is 0.129. The number of amides is 2. The molecule has 5 radical (unpaired) electrons. The summed E-state index contributed by atoms with van der Waals surface area (Å²) in [4.78, 5) is 60.1. The fourth-order valence-corrected chi connectivity index (χ4v) is 13.1. The van der Waals surface area contributed by atoms with Crippen molar-refractivity contribution in [2.24, 2.45) is 0 Å². The summed E-state index contributed by atoms with van der Waals surface area (Å²) in [7, 11) is -12.3. The number of aryl methyl sites for hydroxylation is 1. The zero-order chi connectivity index (χ0) is 106. The van der Waals surface area contributed by atoms with Gasteiger partial charge in [-0.3, -0.25) is 73.4 Å². The van der Waals surface area contributed by atoms with Gasteiger partial charge in [0.25, 0.3) is 0 Å². The summed E-state index contributed by atoms with van der Waals surface area (Å²) in [5, 5.41) is 10.5. The monoisotopic (exact) mass is 3030 g/mol. The number of halogens is 17. The van der Waals surface area contributed by atoms with E-state index in [9.17, 15) is 106 Å². The predicted molar refractivity (Wildman–Crippen MR) is 505 cm³/mol. The van der Waals surface area contributed by atoms with Gasteiger partial charge in [0, 0.05) is 248 Å². The Morgan fingerprint density at radius 1 is 0.340 bits per heavy atom. The third-order valence-corrected chi connectivity index (χ3v) is 21.1. The third kappa shape index (κ3) is 49.2. The summed E-state index contributed by atoms with van der Waals surface area (Å²) >= 11 is 0. The molecule has 0 bridgehead atoms. The minimum Gasteiger partial charge on any atom is -0.649 e. The van der Waals surface area contributed by atoms with E-state index in [0.29, 0.717) is 53.9 Å². The van der Waals surface area contributed by atoms with E-state index in [-0.39, 0.29) is 170 Å². The van der Waals surface area contributed by atoms with Crippen molar-refractivity contribution in [2.75, 3.05) is 13.2 Å². The third-order valence-electron chi connectivity index (χ3n) is 17.1. The molecule has 150 heavy (non-hydrogen) atoms. The Labute approximate surface area is 920 Å². The maximum Gasteiger partial charge on any atom is 0.480 e. The van der Waals surface area contributed by atoms with E-state index in [4.69, 9.17) is 9.05 Å². The van der Waals surface area contributed by atoms with Crippen LogP contribution in [-0.4, -0.2) is 103 Å². The second-order valence-electron chi connectivity index (χ2n) is 27.8. The van der Waals surface area contributed by atoms with Gasteiger partial charge in [-0.05, 0) is 165 Å². The summed E-state index contributed by atoms with van der Waals surface area (Å²) in [5.41, 5.74) is 0.968. The summed E-state index contributed by atoms with van der Waals surface area (Å²) in [6.07, 6.45) is 10.5. The van der Waals surface area contributed by atoms with Crippen LogP contribution in [0, 0.1) is 101 Å². The van der Waals surface area contributed by atoms with Crippen LogP contribution in [0.3, 0.4) is 0 Å². The smallest absolute Gasteiger partial charge is 0.480 e. The van der Waals surface area contributed by atoms with Gasteiger partial charge in [-0.15, -0.1) is 60.7 Å². The van der Waals surface area contributed by atoms with Crippen molar-refractivity contribution in [2.45, 2.75) is 77.0 Å². The molecule has 0 atom stereocenters. The van der Waals surface area contributed by atoms with E-state index in [1.807, 2.05) is 55.5 Å². The number of hydrogen-bond acceptors (Lipinski definition) is 19. The first kappa shape index (κ1) is 134. The molecule has 10 aromatic heterocycles. The molecule has 0 saturated heterocycles. The summed E-state index contributed by atoms with van der Waals surface area (Å²) in [6.45, 7) is 7.21. The molecule has 0 spiro atoms. The van der Waals surface area contributed by atoms with Crippen molar-refractivity contribution in [3.63, 3.8) is 0 Å². The van der Waals surface area contributed by atoms with Gasteiger partial charge in [0.15, 0.2) is 15.9 Å². The van der Waals surface area contributed by atoms with E-state index in [1.54, 1.807) is 179 Å². The first-order valence-corrected chi connectivity index (χ1v) is 46.2. The molecule has 803 valence electrons. The molecule has 2 amide bonds.